The van der Waals surface area contributed by atoms with Crippen molar-refractivity contribution in [1.82, 2.24) is 4.98 Å². The van der Waals surface area contributed by atoms with Crippen molar-refractivity contribution in [2.24, 2.45) is 5.92 Å². The van der Waals surface area contributed by atoms with Gasteiger partial charge in [0.2, 0.25) is 0 Å². The van der Waals surface area contributed by atoms with Crippen molar-refractivity contribution >= 4 is 6.47 Å². The van der Waals surface area contributed by atoms with Gasteiger partial charge in [-0.15, -0.1) is 0 Å². The predicted octanol–water partition coefficient (Wildman–Crippen LogP) is 1.41. The van der Waals surface area contributed by atoms with E-state index in [4.69, 9.17) is 4.42 Å². The Bertz CT molecular complexity index is 255. The largest absolute Gasteiger partial charge is 0.445 e. The Morgan fingerprint density at radius 2 is 2.50 bits per heavy atom. The molecule has 4 nitrogen and oxygen atoms in total. The van der Waals surface area contributed by atoms with Crippen molar-refractivity contribution in [3.63, 3.8) is 0 Å². The van der Waals surface area contributed by atoms with E-state index in [2.05, 4.69) is 23.6 Å². The lowest BCUT2D eigenvalue weighted by Gasteiger charge is -1.96. The molecule has 12 heavy (non-hydrogen) atoms. The van der Waals surface area contributed by atoms with Gasteiger partial charge in [-0.3, -0.25) is 4.79 Å². The van der Waals surface area contributed by atoms with Gasteiger partial charge in [0, 0.05) is 6.42 Å². The zero-order valence-electron chi connectivity index (χ0n) is 7.11. The van der Waals surface area contributed by atoms with Crippen molar-refractivity contribution in [1.29, 1.82) is 0 Å². The van der Waals surface area contributed by atoms with Crippen LogP contribution in [0.3, 0.4) is 0 Å². The second-order valence-electron chi connectivity index (χ2n) is 2.89. The molecular formula is C8H11NO3. The molecule has 0 spiro atoms. The molecule has 0 saturated carbocycles. The first-order chi connectivity index (χ1) is 5.72. The number of aromatic nitrogens is 1. The summed E-state index contributed by atoms with van der Waals surface area (Å²) in [6.07, 6.45) is 2.08. The monoisotopic (exact) mass is 169 g/mol. The van der Waals surface area contributed by atoms with Crippen molar-refractivity contribution in [3.8, 4) is 5.88 Å². The minimum Gasteiger partial charge on any atom is -0.445 e. The minimum absolute atomic E-state index is 0.223. The third-order valence-electron chi connectivity index (χ3n) is 1.28. The number of rotatable bonds is 4. The van der Waals surface area contributed by atoms with E-state index in [-0.39, 0.29) is 5.88 Å². The highest BCUT2D eigenvalue weighted by molar-refractivity contribution is 5.42. The molecule has 66 valence electrons. The molecule has 0 aliphatic heterocycles. The lowest BCUT2D eigenvalue weighted by Crippen LogP contribution is -1.94. The Balaban J connectivity index is 2.57. The lowest BCUT2D eigenvalue weighted by atomic mass is 10.1. The average Bonchev–Trinajstić information content (AvgIpc) is 2.36. The highest BCUT2D eigenvalue weighted by atomic mass is 16.5. The molecule has 1 aromatic heterocycles. The molecule has 0 aliphatic carbocycles. The van der Waals surface area contributed by atoms with E-state index < -0.39 is 0 Å². The zero-order chi connectivity index (χ0) is 8.97. The van der Waals surface area contributed by atoms with E-state index in [1.54, 1.807) is 0 Å². The summed E-state index contributed by atoms with van der Waals surface area (Å²) < 4.78 is 9.52. The maximum Gasteiger partial charge on any atom is 0.299 e. The number of carbonyl (C=O) groups excluding carboxylic acids is 1. The third kappa shape index (κ3) is 2.38. The van der Waals surface area contributed by atoms with Gasteiger partial charge in [0.15, 0.2) is 12.2 Å². The Morgan fingerprint density at radius 1 is 1.75 bits per heavy atom. The molecular weight excluding hydrogens is 158 g/mol. The van der Waals surface area contributed by atoms with Crippen LogP contribution in [0, 0.1) is 5.92 Å². The number of ether oxygens (including phenoxy) is 1. The zero-order valence-corrected chi connectivity index (χ0v) is 7.11. The van der Waals surface area contributed by atoms with Crippen molar-refractivity contribution in [3.05, 3.63) is 12.2 Å². The summed E-state index contributed by atoms with van der Waals surface area (Å²) in [5, 5.41) is 0. The Labute approximate surface area is 70.5 Å². The molecule has 0 bridgehead atoms. The van der Waals surface area contributed by atoms with E-state index in [1.165, 1.54) is 6.26 Å². The lowest BCUT2D eigenvalue weighted by molar-refractivity contribution is -0.120. The van der Waals surface area contributed by atoms with Gasteiger partial charge in [-0.2, -0.15) is 4.98 Å². The Morgan fingerprint density at radius 3 is 3.08 bits per heavy atom. The molecule has 0 unspecified atom stereocenters. The smallest absolute Gasteiger partial charge is 0.299 e. The van der Waals surface area contributed by atoms with Crippen LogP contribution < -0.4 is 4.74 Å². The summed E-state index contributed by atoms with van der Waals surface area (Å²) in [5.41, 5.74) is 0. The van der Waals surface area contributed by atoms with Crippen LogP contribution in [0.5, 0.6) is 5.88 Å². The molecule has 0 aromatic carbocycles. The van der Waals surface area contributed by atoms with Gasteiger partial charge in [-0.1, -0.05) is 13.8 Å². The number of hydrogen-bond acceptors (Lipinski definition) is 4. The van der Waals surface area contributed by atoms with E-state index in [0.29, 0.717) is 18.3 Å². The molecule has 0 radical (unpaired) electrons. The second-order valence-corrected chi connectivity index (χ2v) is 2.89. The fraction of sp³-hybridized carbons (Fsp3) is 0.500. The third-order valence-corrected chi connectivity index (χ3v) is 1.28. The summed E-state index contributed by atoms with van der Waals surface area (Å²) in [4.78, 5) is 13.8. The SMILES string of the molecule is CC(C)Cc1nc(OC=O)co1. The standard InChI is InChI=1S/C8H11NO3/c1-6(2)3-7-9-8(4-11-7)12-5-10/h4-6H,3H2,1-2H3. The number of oxazole rings is 1. The average molecular weight is 169 g/mol. The van der Waals surface area contributed by atoms with Crippen molar-refractivity contribution < 1.29 is 13.9 Å². The van der Waals surface area contributed by atoms with Gasteiger partial charge in [0.05, 0.1) is 0 Å². The topological polar surface area (TPSA) is 52.3 Å². The number of nitrogens with zero attached hydrogens (tertiary/aromatic N) is 1. The molecule has 0 saturated heterocycles. The molecule has 0 fully saturated rings. The summed E-state index contributed by atoms with van der Waals surface area (Å²) in [7, 11) is 0. The van der Waals surface area contributed by atoms with Crippen molar-refractivity contribution in [2.45, 2.75) is 20.3 Å². The summed E-state index contributed by atoms with van der Waals surface area (Å²) >= 11 is 0. The van der Waals surface area contributed by atoms with Crippen molar-refractivity contribution in [2.75, 3.05) is 0 Å². The van der Waals surface area contributed by atoms with E-state index in [9.17, 15) is 4.79 Å². The first-order valence-electron chi connectivity index (χ1n) is 3.77. The maximum absolute atomic E-state index is 9.90. The van der Waals surface area contributed by atoms with Gasteiger partial charge >= 0.3 is 0 Å². The highest BCUT2D eigenvalue weighted by Crippen LogP contribution is 2.12. The Hall–Kier alpha value is -1.32. The van der Waals surface area contributed by atoms with Crippen LogP contribution in [-0.2, 0) is 11.2 Å². The van der Waals surface area contributed by atoms with E-state index >= 15 is 0 Å². The van der Waals surface area contributed by atoms with Crippen LogP contribution in [0.2, 0.25) is 0 Å². The number of hydrogen-bond donors (Lipinski definition) is 0. The molecule has 1 aromatic rings. The van der Waals surface area contributed by atoms with E-state index in [0.717, 1.165) is 6.42 Å². The summed E-state index contributed by atoms with van der Waals surface area (Å²) in [6.45, 7) is 4.45. The van der Waals surface area contributed by atoms with Gasteiger partial charge in [0.1, 0.15) is 0 Å². The number of carbonyl (C=O) groups is 1. The molecule has 0 amide bonds. The van der Waals surface area contributed by atoms with Crippen LogP contribution in [0.4, 0.5) is 0 Å². The van der Waals surface area contributed by atoms with Gasteiger partial charge in [0.25, 0.3) is 12.4 Å². The molecule has 4 heteroatoms. The summed E-state index contributed by atoms with van der Waals surface area (Å²) in [5.74, 6) is 1.30. The Kier molecular flexibility index (Phi) is 2.85. The second kappa shape index (κ2) is 3.90. The van der Waals surface area contributed by atoms with Gasteiger partial charge < -0.3 is 9.15 Å². The first-order valence-corrected chi connectivity index (χ1v) is 3.77. The van der Waals surface area contributed by atoms with Crippen LogP contribution in [0.25, 0.3) is 0 Å². The molecule has 1 rings (SSSR count). The maximum atomic E-state index is 9.90. The van der Waals surface area contributed by atoms with Crippen LogP contribution in [0.1, 0.15) is 19.7 Å². The fourth-order valence-electron chi connectivity index (χ4n) is 0.840. The fourth-order valence-corrected chi connectivity index (χ4v) is 0.840. The highest BCUT2D eigenvalue weighted by Gasteiger charge is 2.05. The predicted molar refractivity (Wildman–Crippen MR) is 41.7 cm³/mol. The van der Waals surface area contributed by atoms with Crippen LogP contribution >= 0.6 is 0 Å². The first kappa shape index (κ1) is 8.77. The van der Waals surface area contributed by atoms with Gasteiger partial charge in [-0.05, 0) is 5.92 Å². The quantitative estimate of drug-likeness (QED) is 0.639. The molecule has 0 atom stereocenters. The molecule has 0 aliphatic rings. The normalized spacial score (nSPS) is 10.2. The van der Waals surface area contributed by atoms with Gasteiger partial charge in [-0.25, -0.2) is 0 Å². The van der Waals surface area contributed by atoms with Crippen LogP contribution in [-0.4, -0.2) is 11.5 Å². The van der Waals surface area contributed by atoms with E-state index in [1.807, 2.05) is 0 Å². The summed E-state index contributed by atoms with van der Waals surface area (Å²) in [6, 6.07) is 0. The molecule has 0 N–H and O–H groups in total. The van der Waals surface area contributed by atoms with Crippen LogP contribution in [0.15, 0.2) is 10.7 Å². The molecule has 1 heterocycles. The minimum atomic E-state index is 0.223.